The van der Waals surface area contributed by atoms with Gasteiger partial charge in [-0.15, -0.1) is 0 Å². The standard InChI is InChI=1S/C12H11ClN4/c1-14-12-16-10(15-11(13)17-12)8-7-9-5-3-2-4-6-9/h2-8H,1H3,(H,14,15,16,17)/b8-7+. The van der Waals surface area contributed by atoms with Gasteiger partial charge in [-0.1, -0.05) is 36.4 Å². The Balaban J connectivity index is 2.24. The first-order chi connectivity index (χ1) is 8.28. The van der Waals surface area contributed by atoms with Gasteiger partial charge in [0, 0.05) is 7.05 Å². The Kier molecular flexibility index (Phi) is 3.67. The molecule has 0 saturated heterocycles. The number of rotatable bonds is 3. The van der Waals surface area contributed by atoms with Gasteiger partial charge in [0.05, 0.1) is 0 Å². The Hall–Kier alpha value is -1.94. The molecule has 1 aromatic heterocycles. The van der Waals surface area contributed by atoms with Gasteiger partial charge >= 0.3 is 0 Å². The molecule has 0 aliphatic carbocycles. The highest BCUT2D eigenvalue weighted by Crippen LogP contribution is 2.09. The maximum atomic E-state index is 5.77. The summed E-state index contributed by atoms with van der Waals surface area (Å²) in [6, 6.07) is 9.91. The second-order valence-corrected chi connectivity index (χ2v) is 3.62. The number of anilines is 1. The minimum atomic E-state index is 0.178. The van der Waals surface area contributed by atoms with Crippen molar-refractivity contribution in [1.82, 2.24) is 15.0 Å². The third-order valence-electron chi connectivity index (χ3n) is 2.07. The number of hydrogen-bond donors (Lipinski definition) is 1. The van der Waals surface area contributed by atoms with Crippen LogP contribution in [-0.2, 0) is 0 Å². The molecule has 86 valence electrons. The van der Waals surface area contributed by atoms with Crippen molar-refractivity contribution in [2.75, 3.05) is 12.4 Å². The lowest BCUT2D eigenvalue weighted by Crippen LogP contribution is -2.00. The van der Waals surface area contributed by atoms with Gasteiger partial charge in [-0.25, -0.2) is 0 Å². The predicted molar refractivity (Wildman–Crippen MR) is 69.8 cm³/mol. The average molecular weight is 247 g/mol. The maximum absolute atomic E-state index is 5.77. The third kappa shape index (κ3) is 3.26. The van der Waals surface area contributed by atoms with E-state index in [9.17, 15) is 0 Å². The van der Waals surface area contributed by atoms with Gasteiger partial charge in [0.1, 0.15) is 0 Å². The number of nitrogens with one attached hydrogen (secondary N) is 1. The molecule has 0 amide bonds. The van der Waals surface area contributed by atoms with E-state index in [1.54, 1.807) is 13.1 Å². The maximum Gasteiger partial charge on any atom is 0.227 e. The van der Waals surface area contributed by atoms with Crippen LogP contribution in [0.1, 0.15) is 11.4 Å². The van der Waals surface area contributed by atoms with Crippen molar-refractivity contribution in [3.63, 3.8) is 0 Å². The van der Waals surface area contributed by atoms with E-state index in [1.807, 2.05) is 36.4 Å². The molecule has 1 N–H and O–H groups in total. The quantitative estimate of drug-likeness (QED) is 0.905. The van der Waals surface area contributed by atoms with E-state index in [2.05, 4.69) is 20.3 Å². The summed E-state index contributed by atoms with van der Waals surface area (Å²) in [6.07, 6.45) is 3.72. The Bertz CT molecular complexity index is 525. The smallest absolute Gasteiger partial charge is 0.227 e. The number of halogens is 1. The van der Waals surface area contributed by atoms with Crippen molar-refractivity contribution in [2.45, 2.75) is 0 Å². The van der Waals surface area contributed by atoms with Crippen molar-refractivity contribution in [2.24, 2.45) is 0 Å². The summed E-state index contributed by atoms with van der Waals surface area (Å²) >= 11 is 5.77. The second kappa shape index (κ2) is 5.41. The van der Waals surface area contributed by atoms with Crippen molar-refractivity contribution in [3.05, 3.63) is 47.0 Å². The van der Waals surface area contributed by atoms with Crippen molar-refractivity contribution < 1.29 is 0 Å². The van der Waals surface area contributed by atoms with Crippen LogP contribution in [-0.4, -0.2) is 22.0 Å². The van der Waals surface area contributed by atoms with E-state index in [0.717, 1.165) is 5.56 Å². The first-order valence-corrected chi connectivity index (χ1v) is 5.48. The van der Waals surface area contributed by atoms with Gasteiger partial charge in [-0.3, -0.25) is 0 Å². The Labute approximate surface area is 104 Å². The largest absolute Gasteiger partial charge is 0.357 e. The van der Waals surface area contributed by atoms with E-state index in [4.69, 9.17) is 11.6 Å². The molecule has 2 rings (SSSR count). The van der Waals surface area contributed by atoms with Gasteiger partial charge in [-0.05, 0) is 23.2 Å². The summed E-state index contributed by atoms with van der Waals surface area (Å²) in [7, 11) is 1.73. The summed E-state index contributed by atoms with van der Waals surface area (Å²) in [5.41, 5.74) is 1.08. The number of benzene rings is 1. The molecule has 0 bridgehead atoms. The molecular formula is C12H11ClN4. The van der Waals surface area contributed by atoms with Gasteiger partial charge in [0.25, 0.3) is 0 Å². The highest BCUT2D eigenvalue weighted by atomic mass is 35.5. The fourth-order valence-corrected chi connectivity index (χ4v) is 1.45. The minimum Gasteiger partial charge on any atom is -0.357 e. The third-order valence-corrected chi connectivity index (χ3v) is 2.24. The first-order valence-electron chi connectivity index (χ1n) is 5.10. The minimum absolute atomic E-state index is 0.178. The number of aromatic nitrogens is 3. The topological polar surface area (TPSA) is 50.7 Å². The lowest BCUT2D eigenvalue weighted by Gasteiger charge is -1.99. The van der Waals surface area contributed by atoms with Gasteiger partial charge in [0.2, 0.25) is 11.2 Å². The van der Waals surface area contributed by atoms with Crippen LogP contribution < -0.4 is 5.32 Å². The average Bonchev–Trinajstić information content (AvgIpc) is 2.37. The van der Waals surface area contributed by atoms with Crippen molar-refractivity contribution in [1.29, 1.82) is 0 Å². The number of hydrogen-bond acceptors (Lipinski definition) is 4. The molecule has 0 fully saturated rings. The zero-order chi connectivity index (χ0) is 12.1. The lowest BCUT2D eigenvalue weighted by molar-refractivity contribution is 1.03. The molecule has 1 heterocycles. The SMILES string of the molecule is CNc1nc(Cl)nc(/C=C/c2ccccc2)n1. The summed E-state index contributed by atoms with van der Waals surface area (Å²) < 4.78 is 0. The summed E-state index contributed by atoms with van der Waals surface area (Å²) in [5, 5.41) is 3.00. The molecule has 0 unspecified atom stereocenters. The van der Waals surface area contributed by atoms with Gasteiger partial charge < -0.3 is 5.32 Å². The van der Waals surface area contributed by atoms with Gasteiger partial charge in [-0.2, -0.15) is 15.0 Å². The Morgan fingerprint density at radius 1 is 1.06 bits per heavy atom. The molecule has 1 aromatic carbocycles. The highest BCUT2D eigenvalue weighted by Gasteiger charge is 2.00. The van der Waals surface area contributed by atoms with Crippen LogP contribution in [0.3, 0.4) is 0 Å². The van der Waals surface area contributed by atoms with Crippen LogP contribution in [0.5, 0.6) is 0 Å². The molecule has 0 radical (unpaired) electrons. The molecule has 0 aliphatic rings. The molecule has 2 aromatic rings. The van der Waals surface area contributed by atoms with E-state index >= 15 is 0 Å². The first kappa shape index (κ1) is 11.5. The highest BCUT2D eigenvalue weighted by molar-refractivity contribution is 6.28. The molecular weight excluding hydrogens is 236 g/mol. The van der Waals surface area contributed by atoms with E-state index in [-0.39, 0.29) is 5.28 Å². The van der Waals surface area contributed by atoms with Crippen LogP contribution in [0.2, 0.25) is 5.28 Å². The van der Waals surface area contributed by atoms with Crippen LogP contribution in [0.4, 0.5) is 5.95 Å². The lowest BCUT2D eigenvalue weighted by atomic mass is 10.2. The van der Waals surface area contributed by atoms with Crippen molar-refractivity contribution >= 4 is 29.7 Å². The fourth-order valence-electron chi connectivity index (χ4n) is 1.29. The normalized spacial score (nSPS) is 10.7. The zero-order valence-electron chi connectivity index (χ0n) is 9.26. The molecule has 17 heavy (non-hydrogen) atoms. The van der Waals surface area contributed by atoms with E-state index in [1.165, 1.54) is 0 Å². The summed E-state index contributed by atoms with van der Waals surface area (Å²) in [4.78, 5) is 12.1. The van der Waals surface area contributed by atoms with Crippen LogP contribution in [0, 0.1) is 0 Å². The van der Waals surface area contributed by atoms with Gasteiger partial charge in [0.15, 0.2) is 5.82 Å². The van der Waals surface area contributed by atoms with Crippen molar-refractivity contribution in [3.8, 4) is 0 Å². The Morgan fingerprint density at radius 3 is 2.53 bits per heavy atom. The zero-order valence-corrected chi connectivity index (χ0v) is 10.0. The molecule has 0 aliphatic heterocycles. The molecule has 0 spiro atoms. The van der Waals surface area contributed by atoms with Crippen LogP contribution in [0.15, 0.2) is 30.3 Å². The second-order valence-electron chi connectivity index (χ2n) is 3.28. The molecule has 4 nitrogen and oxygen atoms in total. The predicted octanol–water partition coefficient (Wildman–Crippen LogP) is 2.74. The van der Waals surface area contributed by atoms with Crippen LogP contribution >= 0.6 is 11.6 Å². The monoisotopic (exact) mass is 246 g/mol. The number of nitrogens with zero attached hydrogens (tertiary/aromatic N) is 3. The van der Waals surface area contributed by atoms with Crippen LogP contribution in [0.25, 0.3) is 12.2 Å². The van der Waals surface area contributed by atoms with E-state index in [0.29, 0.717) is 11.8 Å². The van der Waals surface area contributed by atoms with E-state index < -0.39 is 0 Å². The Morgan fingerprint density at radius 2 is 1.82 bits per heavy atom. The molecule has 0 atom stereocenters. The molecule has 5 heteroatoms. The molecule has 0 saturated carbocycles. The summed E-state index contributed by atoms with van der Waals surface area (Å²) in [6.45, 7) is 0. The fraction of sp³-hybridized carbons (Fsp3) is 0.0833. The summed E-state index contributed by atoms with van der Waals surface area (Å²) in [5.74, 6) is 0.982.